The molecule has 1 fully saturated rings. The van der Waals surface area contributed by atoms with Crippen molar-refractivity contribution in [3.63, 3.8) is 0 Å². The smallest absolute Gasteiger partial charge is 0.314 e. The second-order valence-corrected chi connectivity index (χ2v) is 7.11. The van der Waals surface area contributed by atoms with Crippen LogP contribution in [-0.2, 0) is 9.53 Å². The van der Waals surface area contributed by atoms with Crippen molar-refractivity contribution in [2.24, 2.45) is 5.92 Å². The summed E-state index contributed by atoms with van der Waals surface area (Å²) in [6.45, 7) is 5.15. The molecule has 2 aliphatic rings. The fraction of sp³-hybridized carbons (Fsp3) is 0.571. The van der Waals surface area contributed by atoms with Crippen LogP contribution in [0.1, 0.15) is 50.5 Å². The third-order valence-corrected chi connectivity index (χ3v) is 5.43. The van der Waals surface area contributed by atoms with Gasteiger partial charge in [-0.2, -0.15) is 0 Å². The zero-order valence-electron chi connectivity index (χ0n) is 15.1. The SMILES string of the molecule is CC(CCOC(=O)C(c1ccccc1)C1C=CCC1)N1CCCC1.Cl. The number of carbonyl (C=O) groups is 1. The Morgan fingerprint density at radius 1 is 1.24 bits per heavy atom. The number of nitrogens with zero attached hydrogens (tertiary/aromatic N) is 1. The Balaban J connectivity index is 0.00000225. The number of halogens is 1. The Labute approximate surface area is 157 Å². The first-order chi connectivity index (χ1) is 11.8. The van der Waals surface area contributed by atoms with E-state index in [-0.39, 0.29) is 30.2 Å². The van der Waals surface area contributed by atoms with E-state index in [1.165, 1.54) is 25.9 Å². The van der Waals surface area contributed by atoms with E-state index in [2.05, 4.69) is 24.0 Å². The van der Waals surface area contributed by atoms with Gasteiger partial charge in [-0.3, -0.25) is 4.79 Å². The lowest BCUT2D eigenvalue weighted by molar-refractivity contribution is -0.146. The molecule has 1 aliphatic carbocycles. The third kappa shape index (κ3) is 5.32. The van der Waals surface area contributed by atoms with Gasteiger partial charge in [-0.25, -0.2) is 0 Å². The first kappa shape index (κ1) is 20.0. The molecule has 0 bridgehead atoms. The molecule has 25 heavy (non-hydrogen) atoms. The average Bonchev–Trinajstić information content (AvgIpc) is 3.30. The standard InChI is InChI=1S/C21H29NO2.ClH/c1-17(22-14-7-8-15-22)13-16-24-21(23)20(19-11-5-6-12-19)18-9-3-2-4-10-18;/h2-5,9-11,17,19-20H,6-8,12-16H2,1H3;1H. The summed E-state index contributed by atoms with van der Waals surface area (Å²) in [5, 5.41) is 0. The second kappa shape index (κ2) is 9.98. The van der Waals surface area contributed by atoms with Gasteiger partial charge in [0.15, 0.2) is 0 Å². The minimum atomic E-state index is -0.160. The molecule has 3 rings (SSSR count). The maximum atomic E-state index is 12.8. The number of allylic oxidation sites excluding steroid dienone is 2. The van der Waals surface area contributed by atoms with Crippen molar-refractivity contribution in [3.05, 3.63) is 48.0 Å². The average molecular weight is 364 g/mol. The van der Waals surface area contributed by atoms with Gasteiger partial charge in [-0.15, -0.1) is 12.4 Å². The van der Waals surface area contributed by atoms with Crippen LogP contribution in [0, 0.1) is 5.92 Å². The molecular weight excluding hydrogens is 334 g/mol. The van der Waals surface area contributed by atoms with Gasteiger partial charge in [0.25, 0.3) is 0 Å². The van der Waals surface area contributed by atoms with E-state index in [0.29, 0.717) is 12.6 Å². The van der Waals surface area contributed by atoms with Gasteiger partial charge < -0.3 is 9.64 Å². The van der Waals surface area contributed by atoms with Crippen molar-refractivity contribution in [1.29, 1.82) is 0 Å². The highest BCUT2D eigenvalue weighted by Gasteiger charge is 2.31. The van der Waals surface area contributed by atoms with Crippen molar-refractivity contribution >= 4 is 18.4 Å². The summed E-state index contributed by atoms with van der Waals surface area (Å²) in [6.07, 6.45) is 10.00. The van der Waals surface area contributed by atoms with Gasteiger partial charge in [0.2, 0.25) is 0 Å². The van der Waals surface area contributed by atoms with Crippen LogP contribution >= 0.6 is 12.4 Å². The summed E-state index contributed by atoms with van der Waals surface area (Å²) >= 11 is 0. The van der Waals surface area contributed by atoms with Crippen molar-refractivity contribution in [2.75, 3.05) is 19.7 Å². The third-order valence-electron chi connectivity index (χ3n) is 5.43. The Bertz CT molecular complexity index is 554. The molecule has 1 heterocycles. The zero-order chi connectivity index (χ0) is 16.8. The molecule has 3 nitrogen and oxygen atoms in total. The summed E-state index contributed by atoms with van der Waals surface area (Å²) in [5.41, 5.74) is 1.08. The minimum Gasteiger partial charge on any atom is -0.465 e. The predicted octanol–water partition coefficient (Wildman–Crippen LogP) is 4.58. The van der Waals surface area contributed by atoms with Gasteiger partial charge in [0.1, 0.15) is 0 Å². The van der Waals surface area contributed by atoms with E-state index >= 15 is 0 Å². The number of hydrogen-bond acceptors (Lipinski definition) is 3. The lowest BCUT2D eigenvalue weighted by Crippen LogP contribution is -2.32. The largest absolute Gasteiger partial charge is 0.465 e. The molecule has 0 aromatic heterocycles. The molecule has 3 unspecified atom stereocenters. The fourth-order valence-corrected chi connectivity index (χ4v) is 3.94. The Kier molecular flexibility index (Phi) is 7.98. The lowest BCUT2D eigenvalue weighted by Gasteiger charge is -2.25. The highest BCUT2D eigenvalue weighted by molar-refractivity contribution is 5.85. The minimum absolute atomic E-state index is 0. The van der Waals surface area contributed by atoms with E-state index in [1.54, 1.807) is 0 Å². The maximum absolute atomic E-state index is 12.8. The van der Waals surface area contributed by atoms with Crippen LogP contribution in [0.2, 0.25) is 0 Å². The van der Waals surface area contributed by atoms with Crippen molar-refractivity contribution in [3.8, 4) is 0 Å². The van der Waals surface area contributed by atoms with Gasteiger partial charge in [-0.1, -0.05) is 42.5 Å². The molecule has 1 saturated heterocycles. The molecule has 1 aromatic rings. The summed E-state index contributed by atoms with van der Waals surface area (Å²) in [5.74, 6) is 0.0503. The molecule has 0 amide bonds. The summed E-state index contributed by atoms with van der Waals surface area (Å²) in [4.78, 5) is 15.3. The Hall–Kier alpha value is -1.32. The number of esters is 1. The van der Waals surface area contributed by atoms with Gasteiger partial charge in [0, 0.05) is 6.04 Å². The van der Waals surface area contributed by atoms with Crippen LogP contribution in [0.15, 0.2) is 42.5 Å². The Morgan fingerprint density at radius 3 is 2.60 bits per heavy atom. The van der Waals surface area contributed by atoms with E-state index in [0.717, 1.165) is 24.8 Å². The van der Waals surface area contributed by atoms with Crippen LogP contribution < -0.4 is 0 Å². The zero-order valence-corrected chi connectivity index (χ0v) is 15.9. The number of hydrogen-bond donors (Lipinski definition) is 0. The summed E-state index contributed by atoms with van der Waals surface area (Å²) < 4.78 is 5.70. The number of ether oxygens (including phenoxy) is 1. The van der Waals surface area contributed by atoms with Crippen LogP contribution in [0.5, 0.6) is 0 Å². The number of benzene rings is 1. The molecule has 0 radical (unpaired) electrons. The van der Waals surface area contributed by atoms with E-state index in [9.17, 15) is 4.79 Å². The van der Waals surface area contributed by atoms with Crippen molar-refractivity contribution in [1.82, 2.24) is 4.90 Å². The molecule has 0 N–H and O–H groups in total. The first-order valence-electron chi connectivity index (χ1n) is 9.38. The van der Waals surface area contributed by atoms with Gasteiger partial charge >= 0.3 is 5.97 Å². The van der Waals surface area contributed by atoms with E-state index in [1.807, 2.05) is 30.3 Å². The Morgan fingerprint density at radius 2 is 1.96 bits per heavy atom. The molecule has 3 atom stereocenters. The normalized spacial score (nSPS) is 22.4. The van der Waals surface area contributed by atoms with E-state index < -0.39 is 0 Å². The van der Waals surface area contributed by atoms with Crippen molar-refractivity contribution < 1.29 is 9.53 Å². The van der Waals surface area contributed by atoms with Gasteiger partial charge in [-0.05, 0) is 63.6 Å². The maximum Gasteiger partial charge on any atom is 0.314 e. The molecule has 0 saturated carbocycles. The number of rotatable bonds is 7. The molecule has 4 heteroatoms. The topological polar surface area (TPSA) is 29.5 Å². The molecular formula is C21H30ClNO2. The quantitative estimate of drug-likeness (QED) is 0.524. The van der Waals surface area contributed by atoms with Gasteiger partial charge in [0.05, 0.1) is 12.5 Å². The van der Waals surface area contributed by atoms with Crippen LogP contribution in [0.3, 0.4) is 0 Å². The molecule has 1 aromatic carbocycles. The molecule has 1 aliphatic heterocycles. The molecule has 0 spiro atoms. The highest BCUT2D eigenvalue weighted by Crippen LogP contribution is 2.34. The second-order valence-electron chi connectivity index (χ2n) is 7.11. The van der Waals surface area contributed by atoms with Crippen LogP contribution in [0.25, 0.3) is 0 Å². The summed E-state index contributed by atoms with van der Waals surface area (Å²) in [7, 11) is 0. The fourth-order valence-electron chi connectivity index (χ4n) is 3.94. The predicted molar refractivity (Wildman–Crippen MR) is 104 cm³/mol. The van der Waals surface area contributed by atoms with Crippen LogP contribution in [-0.4, -0.2) is 36.6 Å². The highest BCUT2D eigenvalue weighted by atomic mass is 35.5. The lowest BCUT2D eigenvalue weighted by atomic mass is 9.85. The monoisotopic (exact) mass is 363 g/mol. The number of likely N-dealkylation sites (tertiary alicyclic amines) is 1. The number of carbonyl (C=O) groups excluding carboxylic acids is 1. The van der Waals surface area contributed by atoms with Crippen LogP contribution in [0.4, 0.5) is 0 Å². The van der Waals surface area contributed by atoms with Crippen molar-refractivity contribution in [2.45, 2.75) is 51.0 Å². The molecule has 138 valence electrons. The summed E-state index contributed by atoms with van der Waals surface area (Å²) in [6, 6.07) is 10.6. The van der Waals surface area contributed by atoms with E-state index in [4.69, 9.17) is 4.74 Å². The first-order valence-corrected chi connectivity index (χ1v) is 9.38.